The molecule has 0 unspecified atom stereocenters. The third kappa shape index (κ3) is 4.20. The molecule has 110 valence electrons. The number of piperidine rings is 1. The molecular weight excluding hydrogens is 236 g/mol. The van der Waals surface area contributed by atoms with Crippen molar-refractivity contribution in [3.8, 4) is 0 Å². The predicted molar refractivity (Wildman–Crippen MR) is 79.1 cm³/mol. The molecule has 0 spiro atoms. The van der Waals surface area contributed by atoms with E-state index in [1.54, 1.807) is 0 Å². The fourth-order valence-corrected chi connectivity index (χ4v) is 3.42. The molecule has 0 bridgehead atoms. The number of hydrogen-bond donors (Lipinski definition) is 1. The number of carbonyl (C=O) groups excluding carboxylic acids is 1. The van der Waals surface area contributed by atoms with Gasteiger partial charge in [0.2, 0.25) is 5.91 Å². The maximum absolute atomic E-state index is 12.2. The minimum absolute atomic E-state index is 0.102. The molecule has 1 N–H and O–H groups in total. The number of likely N-dealkylation sites (tertiary alicyclic amines) is 1. The lowest BCUT2D eigenvalue weighted by molar-refractivity contribution is -0.126. The van der Waals surface area contributed by atoms with Gasteiger partial charge in [-0.1, -0.05) is 25.7 Å². The maximum Gasteiger partial charge on any atom is 0.223 e. The van der Waals surface area contributed by atoms with Crippen molar-refractivity contribution in [2.24, 2.45) is 5.92 Å². The molecule has 2 fully saturated rings. The van der Waals surface area contributed by atoms with Crippen LogP contribution in [0.25, 0.3) is 0 Å². The SMILES string of the molecule is CC(C)(CNC(=O)C1CCCCC1)N1CCCCC1. The summed E-state index contributed by atoms with van der Waals surface area (Å²) in [6.45, 7) is 7.69. The third-order valence-corrected chi connectivity index (χ3v) is 4.88. The number of amides is 1. The summed E-state index contributed by atoms with van der Waals surface area (Å²) in [7, 11) is 0. The molecule has 0 atom stereocenters. The molecule has 19 heavy (non-hydrogen) atoms. The second-order valence-electron chi connectivity index (χ2n) is 6.91. The van der Waals surface area contributed by atoms with Gasteiger partial charge in [0, 0.05) is 18.0 Å². The minimum Gasteiger partial charge on any atom is -0.354 e. The lowest BCUT2D eigenvalue weighted by Gasteiger charge is -2.41. The lowest BCUT2D eigenvalue weighted by atomic mass is 9.88. The summed E-state index contributed by atoms with van der Waals surface area (Å²) in [4.78, 5) is 14.7. The Morgan fingerprint density at radius 2 is 1.63 bits per heavy atom. The highest BCUT2D eigenvalue weighted by Gasteiger charge is 2.29. The standard InChI is InChI=1S/C16H30N2O/c1-16(2,18-11-7-4-8-12-18)13-17-15(19)14-9-5-3-6-10-14/h14H,3-13H2,1-2H3,(H,17,19). The second kappa shape index (κ2) is 6.74. The van der Waals surface area contributed by atoms with E-state index >= 15 is 0 Å². The van der Waals surface area contributed by atoms with Crippen LogP contribution < -0.4 is 5.32 Å². The third-order valence-electron chi connectivity index (χ3n) is 4.88. The van der Waals surface area contributed by atoms with Crippen LogP contribution in [0.2, 0.25) is 0 Å². The Kier molecular flexibility index (Phi) is 5.26. The highest BCUT2D eigenvalue weighted by atomic mass is 16.1. The Morgan fingerprint density at radius 3 is 2.26 bits per heavy atom. The van der Waals surface area contributed by atoms with Crippen LogP contribution in [0.5, 0.6) is 0 Å². The molecule has 3 heteroatoms. The number of nitrogens with one attached hydrogen (secondary N) is 1. The van der Waals surface area contributed by atoms with E-state index in [1.807, 2.05) is 0 Å². The zero-order chi connectivity index (χ0) is 13.7. The monoisotopic (exact) mass is 266 g/mol. The highest BCUT2D eigenvalue weighted by Crippen LogP contribution is 2.24. The van der Waals surface area contributed by atoms with Crippen molar-refractivity contribution in [1.82, 2.24) is 10.2 Å². The molecule has 3 nitrogen and oxygen atoms in total. The molecule has 0 radical (unpaired) electrons. The van der Waals surface area contributed by atoms with Gasteiger partial charge in [0.05, 0.1) is 0 Å². The van der Waals surface area contributed by atoms with Gasteiger partial charge in [-0.25, -0.2) is 0 Å². The first-order valence-corrected chi connectivity index (χ1v) is 8.12. The lowest BCUT2D eigenvalue weighted by Crippen LogP contribution is -2.54. The predicted octanol–water partition coefficient (Wildman–Crippen LogP) is 2.95. The van der Waals surface area contributed by atoms with Crippen LogP contribution in [0.15, 0.2) is 0 Å². The van der Waals surface area contributed by atoms with Gasteiger partial charge in [-0.05, 0) is 52.6 Å². The first-order valence-electron chi connectivity index (χ1n) is 8.12. The number of nitrogens with zero attached hydrogens (tertiary/aromatic N) is 1. The molecule has 1 aliphatic carbocycles. The summed E-state index contributed by atoms with van der Waals surface area (Å²) in [5.74, 6) is 0.579. The van der Waals surface area contributed by atoms with Crippen molar-refractivity contribution in [2.45, 2.75) is 70.8 Å². The number of carbonyl (C=O) groups is 1. The van der Waals surface area contributed by atoms with Gasteiger partial charge in [-0.3, -0.25) is 9.69 Å². The van der Waals surface area contributed by atoms with E-state index in [0.29, 0.717) is 5.91 Å². The van der Waals surface area contributed by atoms with Crippen molar-refractivity contribution < 1.29 is 4.79 Å². The fourth-order valence-electron chi connectivity index (χ4n) is 3.42. The van der Waals surface area contributed by atoms with Crippen LogP contribution in [0.4, 0.5) is 0 Å². The zero-order valence-electron chi connectivity index (χ0n) is 12.7. The summed E-state index contributed by atoms with van der Waals surface area (Å²) in [6, 6.07) is 0. The van der Waals surface area contributed by atoms with Crippen LogP contribution in [0.3, 0.4) is 0 Å². The Labute approximate surface area is 118 Å². The second-order valence-corrected chi connectivity index (χ2v) is 6.91. The van der Waals surface area contributed by atoms with Crippen molar-refractivity contribution in [3.05, 3.63) is 0 Å². The van der Waals surface area contributed by atoms with Gasteiger partial charge in [0.25, 0.3) is 0 Å². The fraction of sp³-hybridized carbons (Fsp3) is 0.938. The van der Waals surface area contributed by atoms with E-state index in [9.17, 15) is 4.79 Å². The quantitative estimate of drug-likeness (QED) is 0.848. The first-order chi connectivity index (χ1) is 9.09. The molecule has 1 aliphatic heterocycles. The van der Waals surface area contributed by atoms with Gasteiger partial charge in [-0.2, -0.15) is 0 Å². The molecule has 1 saturated heterocycles. The van der Waals surface area contributed by atoms with E-state index in [0.717, 1.165) is 19.4 Å². The molecular formula is C16H30N2O. The van der Waals surface area contributed by atoms with E-state index in [-0.39, 0.29) is 11.5 Å². The maximum atomic E-state index is 12.2. The van der Waals surface area contributed by atoms with Crippen molar-refractivity contribution >= 4 is 5.91 Å². The number of hydrogen-bond acceptors (Lipinski definition) is 2. The van der Waals surface area contributed by atoms with Gasteiger partial charge in [0.1, 0.15) is 0 Å². The van der Waals surface area contributed by atoms with Gasteiger partial charge in [-0.15, -0.1) is 0 Å². The highest BCUT2D eigenvalue weighted by molar-refractivity contribution is 5.78. The average Bonchev–Trinajstić information content (AvgIpc) is 2.47. The molecule has 1 saturated carbocycles. The summed E-state index contributed by atoms with van der Waals surface area (Å²) >= 11 is 0. The first kappa shape index (κ1) is 14.8. The van der Waals surface area contributed by atoms with Crippen LogP contribution in [-0.2, 0) is 4.79 Å². The van der Waals surface area contributed by atoms with Crippen LogP contribution in [0.1, 0.15) is 65.2 Å². The normalized spacial score (nSPS) is 23.3. The smallest absolute Gasteiger partial charge is 0.223 e. The van der Waals surface area contributed by atoms with Crippen molar-refractivity contribution in [3.63, 3.8) is 0 Å². The molecule has 2 aliphatic rings. The van der Waals surface area contributed by atoms with E-state index in [2.05, 4.69) is 24.1 Å². The van der Waals surface area contributed by atoms with Gasteiger partial charge >= 0.3 is 0 Å². The molecule has 0 aromatic rings. The van der Waals surface area contributed by atoms with Gasteiger partial charge in [0.15, 0.2) is 0 Å². The van der Waals surface area contributed by atoms with E-state index in [1.165, 1.54) is 51.6 Å². The van der Waals surface area contributed by atoms with E-state index in [4.69, 9.17) is 0 Å². The molecule has 2 rings (SSSR count). The topological polar surface area (TPSA) is 32.3 Å². The summed E-state index contributed by atoms with van der Waals surface area (Å²) in [5, 5.41) is 3.21. The summed E-state index contributed by atoms with van der Waals surface area (Å²) in [5.41, 5.74) is 0.102. The Hall–Kier alpha value is -0.570. The summed E-state index contributed by atoms with van der Waals surface area (Å²) < 4.78 is 0. The zero-order valence-corrected chi connectivity index (χ0v) is 12.7. The largest absolute Gasteiger partial charge is 0.354 e. The van der Waals surface area contributed by atoms with Crippen LogP contribution >= 0.6 is 0 Å². The van der Waals surface area contributed by atoms with Crippen LogP contribution in [-0.4, -0.2) is 36.0 Å². The average molecular weight is 266 g/mol. The number of rotatable bonds is 4. The Morgan fingerprint density at radius 1 is 1.05 bits per heavy atom. The Bertz CT molecular complexity index is 289. The molecule has 0 aromatic heterocycles. The Balaban J connectivity index is 1.77. The molecule has 1 amide bonds. The molecule has 1 heterocycles. The molecule has 0 aromatic carbocycles. The van der Waals surface area contributed by atoms with Crippen molar-refractivity contribution in [1.29, 1.82) is 0 Å². The van der Waals surface area contributed by atoms with E-state index < -0.39 is 0 Å². The van der Waals surface area contributed by atoms with Crippen molar-refractivity contribution in [2.75, 3.05) is 19.6 Å². The van der Waals surface area contributed by atoms with Gasteiger partial charge < -0.3 is 5.32 Å². The summed E-state index contributed by atoms with van der Waals surface area (Å²) in [6.07, 6.45) is 9.93. The van der Waals surface area contributed by atoms with Crippen LogP contribution in [0, 0.1) is 5.92 Å². The minimum atomic E-state index is 0.102.